The van der Waals surface area contributed by atoms with Crippen molar-refractivity contribution in [2.24, 2.45) is 5.92 Å². The molecule has 1 saturated heterocycles. The lowest BCUT2D eigenvalue weighted by molar-refractivity contribution is -0.131. The fourth-order valence-corrected chi connectivity index (χ4v) is 2.23. The molecular formula is C13H20N4O2. The first-order valence-electron chi connectivity index (χ1n) is 6.57. The van der Waals surface area contributed by atoms with Gasteiger partial charge in [0.2, 0.25) is 11.9 Å². The second kappa shape index (κ2) is 6.47. The van der Waals surface area contributed by atoms with Gasteiger partial charge in [0.25, 0.3) is 0 Å². The summed E-state index contributed by atoms with van der Waals surface area (Å²) in [6.07, 6.45) is 5.09. The quantitative estimate of drug-likeness (QED) is 0.838. The lowest BCUT2D eigenvalue weighted by atomic mass is 9.98. The smallest absolute Gasteiger partial charge is 0.242 e. The highest BCUT2D eigenvalue weighted by Crippen LogP contribution is 2.16. The van der Waals surface area contributed by atoms with Crippen molar-refractivity contribution < 1.29 is 9.90 Å². The highest BCUT2D eigenvalue weighted by atomic mass is 16.3. The zero-order valence-electron chi connectivity index (χ0n) is 11.2. The van der Waals surface area contributed by atoms with Crippen LogP contribution in [-0.4, -0.2) is 59.2 Å². The molecule has 1 aliphatic rings. The number of hydrogen-bond donors (Lipinski definition) is 1. The molecule has 1 aromatic rings. The number of nitrogens with zero attached hydrogens (tertiary/aromatic N) is 4. The monoisotopic (exact) mass is 264 g/mol. The lowest BCUT2D eigenvalue weighted by Gasteiger charge is -2.32. The van der Waals surface area contributed by atoms with Crippen LogP contribution in [0, 0.1) is 5.92 Å². The number of hydrogen-bond acceptors (Lipinski definition) is 5. The van der Waals surface area contributed by atoms with Crippen LogP contribution < -0.4 is 4.90 Å². The molecule has 0 radical (unpaired) electrons. The number of anilines is 1. The number of aliphatic hydroxyl groups excluding tert-OH is 1. The maximum Gasteiger partial charge on any atom is 0.242 e. The summed E-state index contributed by atoms with van der Waals surface area (Å²) >= 11 is 0. The maximum atomic E-state index is 12.1. The van der Waals surface area contributed by atoms with Crippen LogP contribution in [0.1, 0.15) is 12.8 Å². The van der Waals surface area contributed by atoms with E-state index < -0.39 is 0 Å². The van der Waals surface area contributed by atoms with Crippen LogP contribution in [0.3, 0.4) is 0 Å². The van der Waals surface area contributed by atoms with Gasteiger partial charge in [-0.2, -0.15) is 0 Å². The zero-order valence-corrected chi connectivity index (χ0v) is 11.2. The molecule has 0 spiro atoms. The minimum absolute atomic E-state index is 0.0892. The van der Waals surface area contributed by atoms with E-state index in [-0.39, 0.29) is 19.1 Å². The summed E-state index contributed by atoms with van der Waals surface area (Å²) in [5.74, 6) is 0.992. The highest BCUT2D eigenvalue weighted by molar-refractivity contribution is 5.80. The molecule has 1 fully saturated rings. The van der Waals surface area contributed by atoms with Crippen LogP contribution in [0.25, 0.3) is 0 Å². The van der Waals surface area contributed by atoms with E-state index in [4.69, 9.17) is 5.11 Å². The van der Waals surface area contributed by atoms with Crippen LogP contribution >= 0.6 is 0 Å². The van der Waals surface area contributed by atoms with Crippen LogP contribution in [0.4, 0.5) is 5.95 Å². The van der Waals surface area contributed by atoms with Crippen molar-refractivity contribution in [3.8, 4) is 0 Å². The highest BCUT2D eigenvalue weighted by Gasteiger charge is 2.23. The van der Waals surface area contributed by atoms with Crippen LogP contribution in [0.2, 0.25) is 0 Å². The van der Waals surface area contributed by atoms with E-state index in [0.717, 1.165) is 25.9 Å². The number of likely N-dealkylation sites (N-methyl/N-ethyl adjacent to an activating group) is 1. The number of carbonyl (C=O) groups excluding carboxylic acids is 1. The SMILES string of the molecule is CN(CC(=O)N1CCC(CO)CC1)c1ncccn1. The third kappa shape index (κ3) is 3.64. The molecule has 0 aliphatic carbocycles. The van der Waals surface area contributed by atoms with Crippen LogP contribution in [0.5, 0.6) is 0 Å². The van der Waals surface area contributed by atoms with E-state index in [0.29, 0.717) is 11.9 Å². The second-order valence-electron chi connectivity index (χ2n) is 4.91. The van der Waals surface area contributed by atoms with Gasteiger partial charge in [0, 0.05) is 39.1 Å². The van der Waals surface area contributed by atoms with Gasteiger partial charge in [-0.05, 0) is 24.8 Å². The normalized spacial score (nSPS) is 16.4. The Bertz CT molecular complexity index is 404. The van der Waals surface area contributed by atoms with E-state index in [1.807, 2.05) is 11.9 Å². The first kappa shape index (κ1) is 13.7. The summed E-state index contributed by atoms with van der Waals surface area (Å²) in [7, 11) is 1.81. The van der Waals surface area contributed by atoms with Gasteiger partial charge in [-0.25, -0.2) is 9.97 Å². The van der Waals surface area contributed by atoms with E-state index in [1.165, 1.54) is 0 Å². The molecule has 1 N–H and O–H groups in total. The molecule has 6 heteroatoms. The molecule has 6 nitrogen and oxygen atoms in total. The molecule has 2 heterocycles. The molecule has 1 aliphatic heterocycles. The number of aromatic nitrogens is 2. The molecule has 1 amide bonds. The third-order valence-electron chi connectivity index (χ3n) is 3.49. The Morgan fingerprint density at radius 1 is 1.42 bits per heavy atom. The molecule has 0 bridgehead atoms. The third-order valence-corrected chi connectivity index (χ3v) is 3.49. The average molecular weight is 264 g/mol. The second-order valence-corrected chi connectivity index (χ2v) is 4.91. The number of carbonyl (C=O) groups is 1. The molecular weight excluding hydrogens is 244 g/mol. The molecule has 0 saturated carbocycles. The molecule has 0 atom stereocenters. The maximum absolute atomic E-state index is 12.1. The van der Waals surface area contributed by atoms with Crippen LogP contribution in [0.15, 0.2) is 18.5 Å². The number of rotatable bonds is 4. The van der Waals surface area contributed by atoms with Crippen molar-refractivity contribution in [3.05, 3.63) is 18.5 Å². The van der Waals surface area contributed by atoms with Crippen molar-refractivity contribution in [1.82, 2.24) is 14.9 Å². The Hall–Kier alpha value is -1.69. The average Bonchev–Trinajstić information content (AvgIpc) is 2.48. The van der Waals surface area contributed by atoms with Crippen LogP contribution in [-0.2, 0) is 4.79 Å². The van der Waals surface area contributed by atoms with Gasteiger partial charge in [0.15, 0.2) is 0 Å². The Morgan fingerprint density at radius 2 is 2.05 bits per heavy atom. The number of aliphatic hydroxyl groups is 1. The Kier molecular flexibility index (Phi) is 4.68. The van der Waals surface area contributed by atoms with Gasteiger partial charge in [0.1, 0.15) is 0 Å². The van der Waals surface area contributed by atoms with Crippen molar-refractivity contribution in [2.75, 3.05) is 38.2 Å². The fraction of sp³-hybridized carbons (Fsp3) is 0.615. The number of amides is 1. The van der Waals surface area contributed by atoms with E-state index >= 15 is 0 Å². The summed E-state index contributed by atoms with van der Waals surface area (Å²) in [6, 6.07) is 1.75. The minimum Gasteiger partial charge on any atom is -0.396 e. The predicted molar refractivity (Wildman–Crippen MR) is 71.7 cm³/mol. The Labute approximate surface area is 113 Å². The largest absolute Gasteiger partial charge is 0.396 e. The van der Waals surface area contributed by atoms with Gasteiger partial charge in [-0.15, -0.1) is 0 Å². The van der Waals surface area contributed by atoms with Gasteiger partial charge in [-0.3, -0.25) is 4.79 Å². The zero-order chi connectivity index (χ0) is 13.7. The molecule has 0 unspecified atom stereocenters. The minimum atomic E-state index is 0.0892. The van der Waals surface area contributed by atoms with Crippen molar-refractivity contribution in [3.63, 3.8) is 0 Å². The van der Waals surface area contributed by atoms with Crippen molar-refractivity contribution in [1.29, 1.82) is 0 Å². The van der Waals surface area contributed by atoms with Gasteiger partial charge in [-0.1, -0.05) is 0 Å². The first-order valence-corrected chi connectivity index (χ1v) is 6.57. The molecule has 1 aromatic heterocycles. The standard InChI is InChI=1S/C13H20N4O2/c1-16(13-14-5-2-6-15-13)9-12(19)17-7-3-11(10-18)4-8-17/h2,5-6,11,18H,3-4,7-10H2,1H3. The first-order chi connectivity index (χ1) is 9.20. The van der Waals surface area contributed by atoms with E-state index in [1.54, 1.807) is 23.4 Å². The Balaban J connectivity index is 1.84. The fourth-order valence-electron chi connectivity index (χ4n) is 2.23. The van der Waals surface area contributed by atoms with Crippen molar-refractivity contribution in [2.45, 2.75) is 12.8 Å². The summed E-state index contributed by atoms with van der Waals surface area (Å²) in [6.45, 7) is 1.97. The van der Waals surface area contributed by atoms with Gasteiger partial charge < -0.3 is 14.9 Å². The van der Waals surface area contributed by atoms with E-state index in [9.17, 15) is 4.79 Å². The summed E-state index contributed by atoms with van der Waals surface area (Å²) in [5, 5.41) is 9.08. The molecule has 2 rings (SSSR count). The molecule has 19 heavy (non-hydrogen) atoms. The van der Waals surface area contributed by atoms with E-state index in [2.05, 4.69) is 9.97 Å². The topological polar surface area (TPSA) is 69.6 Å². The molecule has 104 valence electrons. The predicted octanol–water partition coefficient (Wildman–Crippen LogP) is 0.144. The summed E-state index contributed by atoms with van der Waals surface area (Å²) in [4.78, 5) is 24.0. The number of piperidine rings is 1. The van der Waals surface area contributed by atoms with Crippen molar-refractivity contribution >= 4 is 11.9 Å². The number of likely N-dealkylation sites (tertiary alicyclic amines) is 1. The summed E-state index contributed by atoms with van der Waals surface area (Å²) < 4.78 is 0. The van der Waals surface area contributed by atoms with Gasteiger partial charge in [0.05, 0.1) is 6.54 Å². The molecule has 0 aromatic carbocycles. The Morgan fingerprint density at radius 3 is 2.63 bits per heavy atom. The summed E-state index contributed by atoms with van der Waals surface area (Å²) in [5.41, 5.74) is 0. The lowest BCUT2D eigenvalue weighted by Crippen LogP contribution is -2.44. The van der Waals surface area contributed by atoms with Gasteiger partial charge >= 0.3 is 0 Å².